The van der Waals surface area contributed by atoms with E-state index in [9.17, 15) is 9.59 Å². The molecule has 0 saturated carbocycles. The monoisotopic (exact) mass is 506 g/mol. The summed E-state index contributed by atoms with van der Waals surface area (Å²) >= 11 is 0. The average molecular weight is 507 g/mol. The number of benzene rings is 2. The molecule has 0 aliphatic carbocycles. The summed E-state index contributed by atoms with van der Waals surface area (Å²) in [6.45, 7) is 0.865. The molecule has 3 N–H and O–H groups in total. The number of methoxy groups -OCH3 is 1. The molecule has 1 aliphatic rings. The SMILES string of the molecule is C#CCOC1COCC1OC(=O)NCc1cccc(NC(=O)Nc2ccc(-c3cnco3)c(OC)c2)c1. The van der Waals surface area contributed by atoms with Crippen LogP contribution in [0.15, 0.2) is 59.5 Å². The molecule has 1 saturated heterocycles. The molecule has 1 aromatic heterocycles. The molecule has 2 heterocycles. The largest absolute Gasteiger partial charge is 0.496 e. The fraction of sp³-hybridized carbons (Fsp3) is 0.269. The Hall–Kier alpha value is -4.53. The van der Waals surface area contributed by atoms with Crippen molar-refractivity contribution in [2.24, 2.45) is 0 Å². The molecule has 1 aliphatic heterocycles. The number of aromatic nitrogens is 1. The lowest BCUT2D eigenvalue weighted by molar-refractivity contribution is -0.00505. The topological polar surface area (TPSA) is 133 Å². The summed E-state index contributed by atoms with van der Waals surface area (Å²) in [6.07, 6.45) is 6.58. The minimum absolute atomic E-state index is 0.115. The standard InChI is InChI=1S/C26H26N4O7/c1-3-9-35-23-14-34-15-24(23)37-26(32)28-12-17-5-4-6-18(10-17)29-25(31)30-19-7-8-20(21(11-19)33-2)22-13-27-16-36-22/h1,4-8,10-11,13,16,23-24H,9,12,14-15H2,2H3,(H,28,32)(H2,29,30,31). The maximum absolute atomic E-state index is 12.6. The van der Waals surface area contributed by atoms with Crippen LogP contribution in [0.2, 0.25) is 0 Å². The summed E-state index contributed by atoms with van der Waals surface area (Å²) in [5, 5.41) is 8.22. The molecule has 11 heteroatoms. The molecule has 0 bridgehead atoms. The molecular weight excluding hydrogens is 480 g/mol. The predicted molar refractivity (Wildman–Crippen MR) is 134 cm³/mol. The summed E-state index contributed by atoms with van der Waals surface area (Å²) in [6, 6.07) is 11.8. The first-order valence-electron chi connectivity index (χ1n) is 11.4. The molecule has 0 spiro atoms. The number of anilines is 2. The molecule has 192 valence electrons. The van der Waals surface area contributed by atoms with Gasteiger partial charge in [0.1, 0.15) is 18.5 Å². The highest BCUT2D eigenvalue weighted by Crippen LogP contribution is 2.32. The van der Waals surface area contributed by atoms with Crippen LogP contribution in [-0.2, 0) is 20.8 Å². The Morgan fingerprint density at radius 2 is 1.95 bits per heavy atom. The second kappa shape index (κ2) is 12.4. The Bertz CT molecular complexity index is 1260. The van der Waals surface area contributed by atoms with Crippen LogP contribution in [0.1, 0.15) is 5.56 Å². The van der Waals surface area contributed by atoms with Crippen LogP contribution in [0.3, 0.4) is 0 Å². The van der Waals surface area contributed by atoms with Gasteiger partial charge in [-0.3, -0.25) is 0 Å². The van der Waals surface area contributed by atoms with Gasteiger partial charge in [0.15, 0.2) is 18.3 Å². The molecule has 0 radical (unpaired) electrons. The van der Waals surface area contributed by atoms with Crippen molar-refractivity contribution in [3.05, 3.63) is 60.6 Å². The number of nitrogens with one attached hydrogen (secondary N) is 3. The highest BCUT2D eigenvalue weighted by Gasteiger charge is 2.32. The number of alkyl carbamates (subject to hydrolysis) is 1. The van der Waals surface area contributed by atoms with Crippen molar-refractivity contribution in [3.63, 3.8) is 0 Å². The number of hydrogen-bond acceptors (Lipinski definition) is 8. The highest BCUT2D eigenvalue weighted by atomic mass is 16.6. The number of carbonyl (C=O) groups excluding carboxylic acids is 2. The lowest BCUT2D eigenvalue weighted by Gasteiger charge is -2.18. The van der Waals surface area contributed by atoms with Gasteiger partial charge in [0.05, 0.1) is 32.1 Å². The lowest BCUT2D eigenvalue weighted by Crippen LogP contribution is -2.36. The normalized spacial score (nSPS) is 16.4. The van der Waals surface area contributed by atoms with E-state index in [1.807, 2.05) is 6.07 Å². The number of amides is 3. The molecular formula is C26H26N4O7. The Kier molecular flexibility index (Phi) is 8.59. The van der Waals surface area contributed by atoms with Gasteiger partial charge in [-0.25, -0.2) is 14.6 Å². The van der Waals surface area contributed by atoms with Crippen molar-refractivity contribution < 1.29 is 33.0 Å². The molecule has 2 unspecified atom stereocenters. The summed E-state index contributed by atoms with van der Waals surface area (Å²) in [7, 11) is 1.53. The Morgan fingerprint density at radius 3 is 2.70 bits per heavy atom. The number of rotatable bonds is 9. The second-order valence-corrected chi connectivity index (χ2v) is 7.95. The van der Waals surface area contributed by atoms with E-state index < -0.39 is 24.3 Å². The Morgan fingerprint density at radius 1 is 1.14 bits per heavy atom. The molecule has 2 aromatic carbocycles. The number of terminal acetylenes is 1. The first-order chi connectivity index (χ1) is 18.1. The van der Waals surface area contributed by atoms with Crippen LogP contribution < -0.4 is 20.7 Å². The van der Waals surface area contributed by atoms with E-state index in [4.69, 9.17) is 29.8 Å². The van der Waals surface area contributed by atoms with Crippen molar-refractivity contribution in [3.8, 4) is 29.4 Å². The van der Waals surface area contributed by atoms with E-state index in [-0.39, 0.29) is 19.8 Å². The number of carbonyl (C=O) groups is 2. The maximum atomic E-state index is 12.6. The first-order valence-corrected chi connectivity index (χ1v) is 11.4. The summed E-state index contributed by atoms with van der Waals surface area (Å²) in [4.78, 5) is 28.7. The highest BCUT2D eigenvalue weighted by molar-refractivity contribution is 6.00. The number of hydrogen-bond donors (Lipinski definition) is 3. The van der Waals surface area contributed by atoms with E-state index >= 15 is 0 Å². The summed E-state index contributed by atoms with van der Waals surface area (Å²) in [5.74, 6) is 3.45. The van der Waals surface area contributed by atoms with Gasteiger partial charge in [-0.05, 0) is 29.8 Å². The Labute approximate surface area is 213 Å². The third-order valence-corrected chi connectivity index (χ3v) is 5.40. The van der Waals surface area contributed by atoms with Crippen LogP contribution in [0.5, 0.6) is 5.75 Å². The molecule has 3 amide bonds. The lowest BCUT2D eigenvalue weighted by atomic mass is 10.1. The van der Waals surface area contributed by atoms with E-state index in [0.717, 1.165) is 5.56 Å². The summed E-state index contributed by atoms with van der Waals surface area (Å²) < 4.78 is 26.9. The fourth-order valence-corrected chi connectivity index (χ4v) is 3.66. The molecule has 2 atom stereocenters. The van der Waals surface area contributed by atoms with Crippen molar-refractivity contribution >= 4 is 23.5 Å². The van der Waals surface area contributed by atoms with Crippen LogP contribution in [0.4, 0.5) is 21.0 Å². The van der Waals surface area contributed by atoms with E-state index in [0.29, 0.717) is 35.1 Å². The van der Waals surface area contributed by atoms with Crippen LogP contribution in [-0.4, -0.2) is 56.2 Å². The fourth-order valence-electron chi connectivity index (χ4n) is 3.66. The third kappa shape index (κ3) is 7.00. The predicted octanol–water partition coefficient (Wildman–Crippen LogP) is 3.64. The second-order valence-electron chi connectivity index (χ2n) is 7.95. The average Bonchev–Trinajstić information content (AvgIpc) is 3.59. The minimum Gasteiger partial charge on any atom is -0.496 e. The minimum atomic E-state index is -0.608. The van der Waals surface area contributed by atoms with Gasteiger partial charge in [-0.15, -0.1) is 6.42 Å². The van der Waals surface area contributed by atoms with E-state index in [1.54, 1.807) is 42.6 Å². The van der Waals surface area contributed by atoms with Gasteiger partial charge >= 0.3 is 12.1 Å². The Balaban J connectivity index is 1.28. The smallest absolute Gasteiger partial charge is 0.407 e. The molecule has 11 nitrogen and oxygen atoms in total. The van der Waals surface area contributed by atoms with Crippen LogP contribution >= 0.6 is 0 Å². The van der Waals surface area contributed by atoms with Gasteiger partial charge in [-0.1, -0.05) is 18.1 Å². The zero-order valence-electron chi connectivity index (χ0n) is 20.1. The summed E-state index contributed by atoms with van der Waals surface area (Å²) in [5.41, 5.74) is 2.54. The number of oxazole rings is 1. The van der Waals surface area contributed by atoms with Gasteiger partial charge in [0.25, 0.3) is 0 Å². The number of nitrogens with zero attached hydrogens (tertiary/aromatic N) is 1. The van der Waals surface area contributed by atoms with Crippen molar-refractivity contribution in [1.29, 1.82) is 0 Å². The third-order valence-electron chi connectivity index (χ3n) is 5.40. The van der Waals surface area contributed by atoms with Crippen LogP contribution in [0, 0.1) is 12.3 Å². The van der Waals surface area contributed by atoms with E-state index in [1.165, 1.54) is 13.5 Å². The van der Waals surface area contributed by atoms with Crippen molar-refractivity contribution in [1.82, 2.24) is 10.3 Å². The zero-order chi connectivity index (χ0) is 26.0. The number of ether oxygens (including phenoxy) is 4. The van der Waals surface area contributed by atoms with Gasteiger partial charge < -0.3 is 39.3 Å². The number of urea groups is 1. The van der Waals surface area contributed by atoms with Gasteiger partial charge in [0.2, 0.25) is 0 Å². The van der Waals surface area contributed by atoms with Crippen LogP contribution in [0.25, 0.3) is 11.3 Å². The molecule has 1 fully saturated rings. The maximum Gasteiger partial charge on any atom is 0.407 e. The van der Waals surface area contributed by atoms with E-state index in [2.05, 4.69) is 26.9 Å². The zero-order valence-corrected chi connectivity index (χ0v) is 20.1. The van der Waals surface area contributed by atoms with Gasteiger partial charge in [-0.2, -0.15) is 0 Å². The molecule has 3 aromatic rings. The van der Waals surface area contributed by atoms with Gasteiger partial charge in [0, 0.05) is 24.0 Å². The molecule has 37 heavy (non-hydrogen) atoms. The molecule has 4 rings (SSSR count). The quantitative estimate of drug-likeness (QED) is 0.375. The van der Waals surface area contributed by atoms with Crippen molar-refractivity contribution in [2.45, 2.75) is 18.8 Å². The first kappa shape index (κ1) is 25.6. The van der Waals surface area contributed by atoms with Crippen molar-refractivity contribution in [2.75, 3.05) is 37.6 Å².